The minimum atomic E-state index is -0.481. The van der Waals surface area contributed by atoms with Crippen LogP contribution in [-0.2, 0) is 0 Å². The van der Waals surface area contributed by atoms with Crippen LogP contribution in [-0.4, -0.2) is 12.5 Å². The van der Waals surface area contributed by atoms with Gasteiger partial charge in [-0.05, 0) is 36.8 Å². The topological polar surface area (TPSA) is 81.1 Å². The molecule has 0 radical (unpaired) electrons. The van der Waals surface area contributed by atoms with E-state index in [0.29, 0.717) is 16.7 Å². The zero-order valence-corrected chi connectivity index (χ0v) is 10.8. The van der Waals surface area contributed by atoms with E-state index in [4.69, 9.17) is 11.5 Å². The van der Waals surface area contributed by atoms with Crippen LogP contribution in [0.15, 0.2) is 18.2 Å². The fourth-order valence-corrected chi connectivity index (χ4v) is 2.44. The first-order valence-electron chi connectivity index (χ1n) is 6.50. The SMILES string of the molecule is CCCC1(CNc2cccc(C(N)=O)c2N)CC1. The molecule has 2 rings (SSSR count). The van der Waals surface area contributed by atoms with E-state index in [-0.39, 0.29) is 0 Å². The van der Waals surface area contributed by atoms with Crippen LogP contribution < -0.4 is 16.8 Å². The van der Waals surface area contributed by atoms with Crippen LogP contribution in [0.3, 0.4) is 0 Å². The molecule has 1 saturated carbocycles. The smallest absolute Gasteiger partial charge is 0.250 e. The first kappa shape index (κ1) is 12.7. The largest absolute Gasteiger partial charge is 0.396 e. The van der Waals surface area contributed by atoms with Gasteiger partial charge >= 0.3 is 0 Å². The molecule has 1 aliphatic rings. The number of primary amides is 1. The van der Waals surface area contributed by atoms with E-state index in [1.165, 1.54) is 25.7 Å². The van der Waals surface area contributed by atoms with Gasteiger partial charge in [0, 0.05) is 6.54 Å². The number of nitrogens with one attached hydrogen (secondary N) is 1. The summed E-state index contributed by atoms with van der Waals surface area (Å²) in [5.74, 6) is -0.481. The number of carbonyl (C=O) groups is 1. The molecule has 0 saturated heterocycles. The molecule has 1 aromatic carbocycles. The maximum atomic E-state index is 11.2. The molecular formula is C14H21N3O. The molecule has 1 fully saturated rings. The summed E-state index contributed by atoms with van der Waals surface area (Å²) in [5, 5.41) is 3.36. The molecule has 18 heavy (non-hydrogen) atoms. The number of nitrogens with two attached hydrogens (primary N) is 2. The summed E-state index contributed by atoms with van der Waals surface area (Å²) in [6.07, 6.45) is 5.01. The third-order valence-electron chi connectivity index (χ3n) is 3.76. The summed E-state index contributed by atoms with van der Waals surface area (Å²) in [5.41, 5.74) is 13.3. The van der Waals surface area contributed by atoms with Crippen molar-refractivity contribution in [2.24, 2.45) is 11.1 Å². The predicted octanol–water partition coefficient (Wildman–Crippen LogP) is 2.36. The Morgan fingerprint density at radius 2 is 2.17 bits per heavy atom. The number of benzene rings is 1. The van der Waals surface area contributed by atoms with Gasteiger partial charge < -0.3 is 16.8 Å². The third-order valence-corrected chi connectivity index (χ3v) is 3.76. The fraction of sp³-hybridized carbons (Fsp3) is 0.500. The van der Waals surface area contributed by atoms with Gasteiger partial charge in [-0.2, -0.15) is 0 Å². The summed E-state index contributed by atoms with van der Waals surface area (Å²) in [6, 6.07) is 5.35. The second kappa shape index (κ2) is 4.88. The minimum absolute atomic E-state index is 0.389. The lowest BCUT2D eigenvalue weighted by atomic mass is 10.0. The second-order valence-electron chi connectivity index (χ2n) is 5.23. The van der Waals surface area contributed by atoms with Crippen molar-refractivity contribution in [2.75, 3.05) is 17.6 Å². The quantitative estimate of drug-likeness (QED) is 0.675. The molecule has 4 nitrogen and oxygen atoms in total. The van der Waals surface area contributed by atoms with E-state index in [0.717, 1.165) is 12.2 Å². The van der Waals surface area contributed by atoms with Gasteiger partial charge in [0.1, 0.15) is 0 Å². The molecule has 0 unspecified atom stereocenters. The number of amides is 1. The van der Waals surface area contributed by atoms with Crippen LogP contribution in [0.1, 0.15) is 43.0 Å². The second-order valence-corrected chi connectivity index (χ2v) is 5.23. The fourth-order valence-electron chi connectivity index (χ4n) is 2.44. The van der Waals surface area contributed by atoms with Crippen molar-refractivity contribution < 1.29 is 4.79 Å². The molecule has 0 spiro atoms. The van der Waals surface area contributed by atoms with E-state index in [2.05, 4.69) is 12.2 Å². The average Bonchev–Trinajstić information content (AvgIpc) is 3.08. The average molecular weight is 247 g/mol. The van der Waals surface area contributed by atoms with E-state index in [1.54, 1.807) is 12.1 Å². The minimum Gasteiger partial charge on any atom is -0.396 e. The maximum absolute atomic E-state index is 11.2. The molecule has 1 aliphatic carbocycles. The zero-order chi connectivity index (χ0) is 13.2. The molecule has 0 aliphatic heterocycles. The van der Waals surface area contributed by atoms with Crippen molar-refractivity contribution in [3.05, 3.63) is 23.8 Å². The van der Waals surface area contributed by atoms with Gasteiger partial charge in [0.25, 0.3) is 5.91 Å². The van der Waals surface area contributed by atoms with Gasteiger partial charge in [-0.3, -0.25) is 4.79 Å². The first-order valence-corrected chi connectivity index (χ1v) is 6.50. The van der Waals surface area contributed by atoms with Gasteiger partial charge in [0.15, 0.2) is 0 Å². The summed E-state index contributed by atoms with van der Waals surface area (Å²) in [4.78, 5) is 11.2. The monoisotopic (exact) mass is 247 g/mol. The van der Waals surface area contributed by atoms with Crippen LogP contribution >= 0.6 is 0 Å². The van der Waals surface area contributed by atoms with Gasteiger partial charge in [-0.25, -0.2) is 0 Å². The number of hydrogen-bond acceptors (Lipinski definition) is 3. The highest BCUT2D eigenvalue weighted by Gasteiger charge is 2.41. The Bertz CT molecular complexity index is 452. The van der Waals surface area contributed by atoms with Crippen LogP contribution in [0.25, 0.3) is 0 Å². The number of carbonyl (C=O) groups excluding carboxylic acids is 1. The van der Waals surface area contributed by atoms with Gasteiger partial charge in [0.2, 0.25) is 0 Å². The Morgan fingerprint density at radius 3 is 2.72 bits per heavy atom. The van der Waals surface area contributed by atoms with Crippen LogP contribution in [0, 0.1) is 5.41 Å². The highest BCUT2D eigenvalue weighted by molar-refractivity contribution is 6.00. The number of rotatable bonds is 6. The molecule has 4 heteroatoms. The Balaban J connectivity index is 2.06. The molecule has 98 valence electrons. The lowest BCUT2D eigenvalue weighted by Crippen LogP contribution is -2.18. The molecule has 0 heterocycles. The predicted molar refractivity (Wildman–Crippen MR) is 74.4 cm³/mol. The maximum Gasteiger partial charge on any atom is 0.250 e. The molecule has 5 N–H and O–H groups in total. The van der Waals surface area contributed by atoms with Gasteiger partial charge in [0.05, 0.1) is 16.9 Å². The molecule has 1 aromatic rings. The van der Waals surface area contributed by atoms with Crippen molar-refractivity contribution in [1.29, 1.82) is 0 Å². The Morgan fingerprint density at radius 1 is 1.44 bits per heavy atom. The standard InChI is InChI=1S/C14H21N3O/c1-2-6-14(7-8-14)9-17-11-5-3-4-10(12(11)15)13(16)18/h3-5,17H,2,6-9,15H2,1H3,(H2,16,18). The van der Waals surface area contributed by atoms with E-state index >= 15 is 0 Å². The van der Waals surface area contributed by atoms with Gasteiger partial charge in [-0.15, -0.1) is 0 Å². The third kappa shape index (κ3) is 2.58. The highest BCUT2D eigenvalue weighted by Crippen LogP contribution is 2.49. The van der Waals surface area contributed by atoms with Crippen molar-refractivity contribution >= 4 is 17.3 Å². The van der Waals surface area contributed by atoms with Crippen molar-refractivity contribution in [3.8, 4) is 0 Å². The Hall–Kier alpha value is -1.71. The van der Waals surface area contributed by atoms with E-state index < -0.39 is 5.91 Å². The molecule has 0 aromatic heterocycles. The molecule has 0 atom stereocenters. The normalized spacial score (nSPS) is 16.3. The van der Waals surface area contributed by atoms with Crippen molar-refractivity contribution in [2.45, 2.75) is 32.6 Å². The Kier molecular flexibility index (Phi) is 3.45. The Labute approximate surface area is 108 Å². The number of hydrogen-bond donors (Lipinski definition) is 3. The zero-order valence-electron chi connectivity index (χ0n) is 10.8. The van der Waals surface area contributed by atoms with Crippen molar-refractivity contribution in [3.63, 3.8) is 0 Å². The lowest BCUT2D eigenvalue weighted by Gasteiger charge is -2.17. The highest BCUT2D eigenvalue weighted by atomic mass is 16.1. The van der Waals surface area contributed by atoms with Crippen LogP contribution in [0.4, 0.5) is 11.4 Å². The van der Waals surface area contributed by atoms with E-state index in [9.17, 15) is 4.79 Å². The number of para-hydroxylation sites is 1. The van der Waals surface area contributed by atoms with Crippen LogP contribution in [0.2, 0.25) is 0 Å². The molecular weight excluding hydrogens is 226 g/mol. The summed E-state index contributed by atoms with van der Waals surface area (Å²) < 4.78 is 0. The van der Waals surface area contributed by atoms with Crippen molar-refractivity contribution in [1.82, 2.24) is 0 Å². The van der Waals surface area contributed by atoms with Gasteiger partial charge in [-0.1, -0.05) is 19.4 Å². The van der Waals surface area contributed by atoms with Crippen LogP contribution in [0.5, 0.6) is 0 Å². The molecule has 0 bridgehead atoms. The molecule has 1 amide bonds. The lowest BCUT2D eigenvalue weighted by molar-refractivity contribution is 0.100. The summed E-state index contributed by atoms with van der Waals surface area (Å²) in [7, 11) is 0. The first-order chi connectivity index (χ1) is 8.58. The summed E-state index contributed by atoms with van der Waals surface area (Å²) >= 11 is 0. The number of anilines is 2. The summed E-state index contributed by atoms with van der Waals surface area (Å²) in [6.45, 7) is 3.13. The van der Waals surface area contributed by atoms with E-state index in [1.807, 2.05) is 6.07 Å². The number of nitrogen functional groups attached to an aromatic ring is 1.